The van der Waals surface area contributed by atoms with Gasteiger partial charge in [0.1, 0.15) is 86.3 Å². The molecule has 4 bridgehead atoms. The molecule has 45 heteroatoms. The molecule has 0 amide bonds. The van der Waals surface area contributed by atoms with Gasteiger partial charge in [-0.2, -0.15) is 0 Å². The zero-order valence-corrected chi connectivity index (χ0v) is 97.2. The van der Waals surface area contributed by atoms with Crippen LogP contribution in [-0.2, 0) is 101 Å². The molecule has 0 aromatic heterocycles. The highest BCUT2D eigenvalue weighted by atomic mass is 31.2. The standard InChI is InChI=1S/C19H36BNO7P2.C19H36BNO6P2.3C17H35BN2O3P2/c1-8-10-26-29(21(14(2)3)15(4)5)28-16-12-19(9-11-30(22,23-6)24-7)13-25-17(16)18(20)27-19;1-8-10-26-28(21(14(2)3)15(4)5)16-12-19(9-11-29(22,23-6)24-7)13-25-17(16)18(20)27-19;1-8-10-22-24(20(14(2)3)15(4)5)19-12-16(23-17(18)13-19)9-11-25(6,7)21;1-7-12-22-24(20(8-2)15(3)4)19-11-9-17(18)23-16(14-19)10-13-25(5,6)21;1-7-12-22-24(20(8-2)15(3)4)19-11-9-16(23-17(18)14-19)10-13-25(5,6)21/h9,11,14-18H,8,10,12-13H2,1-7H3;9,11,14-18H,8,10,12-13H2,1-7H3;9,11,14-17H,8,10,12-13H2,1-7H3;2*10,13,15-17H,7-9,11-12,14H2,1-6H3/b3*11-9+;2*13-10+/t16?,17-,18?,19-,29?;16-,17-,18?,19-,28?;;;/m11.../s1. The Morgan fingerprint density at radius 3 is 1.14 bits per heavy atom. The molecule has 9 heterocycles. The molecule has 0 aromatic carbocycles. The molecule has 30 nitrogen and oxygen atoms in total. The molecule has 770 valence electrons. The van der Waals surface area contributed by atoms with Gasteiger partial charge in [-0.05, 0) is 232 Å². The molecule has 134 heavy (non-hydrogen) atoms. The fourth-order valence-corrected chi connectivity index (χ4v) is 30.8. The van der Waals surface area contributed by atoms with Gasteiger partial charge in [-0.3, -0.25) is 13.8 Å². The Morgan fingerprint density at radius 1 is 0.403 bits per heavy atom. The average molecular weight is 2080 g/mol. The van der Waals surface area contributed by atoms with Crippen LogP contribution in [0.4, 0.5) is 0 Å². The summed E-state index contributed by atoms with van der Waals surface area (Å²) in [5, 5.41) is 0. The second-order valence-corrected chi connectivity index (χ2v) is 60.6. The van der Waals surface area contributed by atoms with Crippen molar-refractivity contribution in [3.8, 4) is 0 Å². The molecule has 10 radical (unpaired) electrons. The number of hydrogen-bond donors (Lipinski definition) is 0. The van der Waals surface area contributed by atoms with E-state index in [4.69, 9.17) is 118 Å². The van der Waals surface area contributed by atoms with Crippen molar-refractivity contribution in [2.75, 3.05) is 167 Å². The number of rotatable bonds is 50. The van der Waals surface area contributed by atoms with Crippen LogP contribution in [-0.4, -0.2) is 375 Å². The summed E-state index contributed by atoms with van der Waals surface area (Å²) in [6.45, 7) is 70.8. The number of nitrogens with zero attached hydrogens (tertiary/aromatic N) is 8. The Morgan fingerprint density at radius 2 is 0.754 bits per heavy atom. The maximum absolute atomic E-state index is 12.5. The molecular weight excluding hydrogens is 1900 g/mol. The monoisotopic (exact) mass is 2080 g/mol. The van der Waals surface area contributed by atoms with Gasteiger partial charge < -0.3 is 92.1 Å². The number of morpholine rings is 1. The minimum Gasteiger partial charge on any atom is -0.379 e. The Labute approximate surface area is 826 Å². The summed E-state index contributed by atoms with van der Waals surface area (Å²) in [5.41, 5.74) is -1.56. The van der Waals surface area contributed by atoms with E-state index in [0.717, 1.165) is 90.9 Å². The highest BCUT2D eigenvalue weighted by molar-refractivity contribution is 7.66. The fraction of sp³-hybridized carbons (Fsp3) is 0.888. The van der Waals surface area contributed by atoms with E-state index in [1.807, 2.05) is 18.2 Å². The van der Waals surface area contributed by atoms with Crippen molar-refractivity contribution in [1.29, 1.82) is 0 Å². The molecule has 0 N–H and O–H groups in total. The maximum atomic E-state index is 12.5. The van der Waals surface area contributed by atoms with Gasteiger partial charge in [-0.15, -0.1) is 0 Å². The first-order valence-electron chi connectivity index (χ1n) is 48.4. The molecule has 9 fully saturated rings. The summed E-state index contributed by atoms with van der Waals surface area (Å²) >= 11 is 0. The van der Waals surface area contributed by atoms with Crippen molar-refractivity contribution in [2.45, 2.75) is 349 Å². The first-order valence-corrected chi connectivity index (χ1v) is 65.6. The van der Waals surface area contributed by atoms with Gasteiger partial charge in [0.15, 0.2) is 25.3 Å². The topological polar surface area (TPSA) is 268 Å². The summed E-state index contributed by atoms with van der Waals surface area (Å²) in [6.07, 6.45) is 15.4. The van der Waals surface area contributed by atoms with Crippen molar-refractivity contribution in [3.63, 3.8) is 0 Å². The van der Waals surface area contributed by atoms with E-state index < -0.39 is 108 Å². The van der Waals surface area contributed by atoms with Crippen molar-refractivity contribution in [2.24, 2.45) is 0 Å². The molecular formula is C89H177B5N8O22P10. The van der Waals surface area contributed by atoms with Gasteiger partial charge in [-0.1, -0.05) is 66.7 Å². The Hall–Kier alpha value is 1.32. The highest BCUT2D eigenvalue weighted by Crippen LogP contribution is 2.61. The lowest BCUT2D eigenvalue weighted by molar-refractivity contribution is -0.258. The first-order chi connectivity index (χ1) is 62.6. The summed E-state index contributed by atoms with van der Waals surface area (Å²) in [7, 11) is 18.2. The normalized spacial score (nSPS) is 27.6. The van der Waals surface area contributed by atoms with E-state index in [0.29, 0.717) is 102 Å². The summed E-state index contributed by atoms with van der Waals surface area (Å²) in [4.78, 5) is 0. The Kier molecular flexibility index (Phi) is 61.7. The second-order valence-electron chi connectivity index (χ2n) is 38.0. The molecule has 9 saturated heterocycles. The summed E-state index contributed by atoms with van der Waals surface area (Å²) in [6, 6.07) is 0.448. The minimum atomic E-state index is -3.34. The molecule has 9 aliphatic rings. The van der Waals surface area contributed by atoms with E-state index in [1.165, 1.54) is 40.1 Å². The number of hydrogen-bond acceptors (Lipinski definition) is 30. The van der Waals surface area contributed by atoms with Crippen LogP contribution in [0.15, 0.2) is 59.5 Å². The third-order valence-electron chi connectivity index (χ3n) is 21.7. The average Bonchev–Trinajstić information content (AvgIpc) is 0.780. The molecule has 9 aliphatic heterocycles. The maximum Gasteiger partial charge on any atom is 0.353 e. The van der Waals surface area contributed by atoms with Crippen molar-refractivity contribution in [3.05, 3.63) is 59.5 Å². The van der Waals surface area contributed by atoms with Gasteiger partial charge in [0, 0.05) is 183 Å². The van der Waals surface area contributed by atoms with Gasteiger partial charge in [0.25, 0.3) is 8.53 Å². The van der Waals surface area contributed by atoms with E-state index >= 15 is 0 Å². The van der Waals surface area contributed by atoms with Crippen LogP contribution in [0.3, 0.4) is 0 Å². The lowest BCUT2D eigenvalue weighted by atomic mass is 9.78. The SMILES string of the molecule is [B]C1CCN(P(OCCC)N(CC)C(C)C)CC(/C=C/P(C)(C)=O)O1.[B]C1CN(P(OCCC)N(C(C)C)C(C)C)CC(/C=C/P(C)(C)=O)O1.[B]C1CN(P(OCCC)N(CC)C(C)C)CCC(/C=C/P(C)(C)=O)O1.[B]C1O[C@@]2(/C=C/P(=O)(OC)OC)CO[C@@H]1C(OP(OCCC)N(C(C)C)C(C)C)C2.[B]C1O[C@@]2(/C=C/P(=O)(OC)OC)CO[C@@H]1[C@H](P(OCCC)N(C(C)C)C(C)C)C2. The molecule has 0 spiro atoms. The van der Waals surface area contributed by atoms with Gasteiger partial charge in [0.05, 0.1) is 76.8 Å². The second kappa shape index (κ2) is 63.9. The van der Waals surface area contributed by atoms with Crippen LogP contribution >= 0.6 is 78.8 Å². The van der Waals surface area contributed by atoms with Crippen LogP contribution in [0.5, 0.6) is 0 Å². The van der Waals surface area contributed by atoms with E-state index in [9.17, 15) is 22.8 Å². The zero-order valence-electron chi connectivity index (χ0n) is 88.2. The van der Waals surface area contributed by atoms with Gasteiger partial charge in [-0.25, -0.2) is 32.7 Å². The zero-order chi connectivity index (χ0) is 102. The van der Waals surface area contributed by atoms with Crippen molar-refractivity contribution < 1.29 is 101 Å². The van der Waals surface area contributed by atoms with Crippen molar-refractivity contribution >= 4 is 118 Å². The Balaban J connectivity index is 0.000000432. The molecule has 0 aromatic rings. The quantitative estimate of drug-likeness (QED) is 0.0404. The first kappa shape index (κ1) is 129. The van der Waals surface area contributed by atoms with Crippen molar-refractivity contribution in [1.82, 2.24) is 37.4 Å². The van der Waals surface area contributed by atoms with Crippen LogP contribution in [0.25, 0.3) is 0 Å². The molecule has 0 aliphatic carbocycles. The van der Waals surface area contributed by atoms with E-state index in [1.54, 1.807) is 69.6 Å². The number of ether oxygens (including phenoxy) is 7. The minimum absolute atomic E-state index is 0.0768. The Bertz CT molecular complexity index is 3630. The lowest BCUT2D eigenvalue weighted by Gasteiger charge is -2.56. The summed E-state index contributed by atoms with van der Waals surface area (Å²) in [5.74, 6) is 8.18. The molecule has 14 unspecified atom stereocenters. The van der Waals surface area contributed by atoms with Gasteiger partial charge in [0.2, 0.25) is 0 Å². The number of fused-ring (bicyclic) bond motifs is 6. The van der Waals surface area contributed by atoms with Crippen LogP contribution in [0.2, 0.25) is 0 Å². The largest absolute Gasteiger partial charge is 0.379 e. The van der Waals surface area contributed by atoms with Gasteiger partial charge >= 0.3 is 15.2 Å². The van der Waals surface area contributed by atoms with Crippen LogP contribution in [0.1, 0.15) is 217 Å². The molecule has 9 rings (SSSR count). The molecule has 19 atom stereocenters. The van der Waals surface area contributed by atoms with E-state index in [-0.39, 0.29) is 66.3 Å². The smallest absolute Gasteiger partial charge is 0.353 e. The van der Waals surface area contributed by atoms with Crippen LogP contribution in [0, 0.1) is 0 Å². The summed E-state index contributed by atoms with van der Waals surface area (Å²) < 4.78 is 180. The van der Waals surface area contributed by atoms with Crippen LogP contribution < -0.4 is 0 Å². The fourth-order valence-electron chi connectivity index (χ4n) is 15.8. The van der Waals surface area contributed by atoms with E-state index in [2.05, 4.69) is 197 Å². The predicted octanol–water partition coefficient (Wildman–Crippen LogP) is 20.7. The third-order valence-corrected chi connectivity index (χ3v) is 39.9. The lowest BCUT2D eigenvalue weighted by Crippen LogP contribution is -2.63. The predicted molar refractivity (Wildman–Crippen MR) is 566 cm³/mol. The third kappa shape index (κ3) is 45.2. The highest BCUT2D eigenvalue weighted by Gasteiger charge is 2.56. The molecule has 0 saturated carbocycles.